The van der Waals surface area contributed by atoms with Crippen LogP contribution in [-0.2, 0) is 9.47 Å². The Bertz CT molecular complexity index is 1070. The predicted molar refractivity (Wildman–Crippen MR) is 108 cm³/mol. The number of benzene rings is 1. The topological polar surface area (TPSA) is 62.8 Å². The second-order valence-electron chi connectivity index (χ2n) is 7.59. The zero-order valence-electron chi connectivity index (χ0n) is 16.1. The van der Waals surface area contributed by atoms with Gasteiger partial charge in [-0.1, -0.05) is 12.1 Å². The molecule has 0 amide bonds. The lowest BCUT2D eigenvalue weighted by Gasteiger charge is -2.33. The van der Waals surface area contributed by atoms with Crippen LogP contribution in [0.5, 0.6) is 0 Å². The molecule has 0 atom stereocenters. The van der Waals surface area contributed by atoms with E-state index >= 15 is 0 Å². The highest BCUT2D eigenvalue weighted by Crippen LogP contribution is 2.39. The van der Waals surface area contributed by atoms with Gasteiger partial charge < -0.3 is 14.4 Å². The molecular weight excluding hydrogens is 352 g/mol. The fraction of sp³-hybridized carbons (Fsp3) is 0.455. The third-order valence-corrected chi connectivity index (χ3v) is 6.06. The normalized spacial score (nSPS) is 18.6. The Kier molecular flexibility index (Phi) is 4.42. The molecule has 0 aliphatic carbocycles. The molecule has 1 aromatic carbocycles. The number of para-hydroxylation sites is 2. The van der Waals surface area contributed by atoms with Gasteiger partial charge in [0.2, 0.25) is 0 Å². The predicted octanol–water partition coefficient (Wildman–Crippen LogP) is 3.40. The molecule has 2 fully saturated rings. The highest BCUT2D eigenvalue weighted by atomic mass is 16.5. The zero-order chi connectivity index (χ0) is 19.1. The number of rotatable bonds is 2. The van der Waals surface area contributed by atoms with Gasteiger partial charge in [-0.25, -0.2) is 4.98 Å². The van der Waals surface area contributed by atoms with Crippen LogP contribution in [0.4, 0.5) is 5.82 Å². The van der Waals surface area contributed by atoms with Gasteiger partial charge >= 0.3 is 0 Å². The Morgan fingerprint density at radius 2 is 1.79 bits per heavy atom. The molecule has 144 valence electrons. The van der Waals surface area contributed by atoms with Crippen LogP contribution in [0.3, 0.4) is 0 Å². The SMILES string of the molecule is Cc1c(C2CCOCC2)c(C#N)c2nc3ccccc3n2c1N1CCOCC1. The molecule has 2 aromatic heterocycles. The van der Waals surface area contributed by atoms with Crippen LogP contribution in [0.2, 0.25) is 0 Å². The van der Waals surface area contributed by atoms with Gasteiger partial charge in [0.05, 0.1) is 29.8 Å². The van der Waals surface area contributed by atoms with Crippen molar-refractivity contribution in [2.24, 2.45) is 0 Å². The van der Waals surface area contributed by atoms with Gasteiger partial charge in [0.15, 0.2) is 5.65 Å². The maximum absolute atomic E-state index is 10.1. The first-order chi connectivity index (χ1) is 13.8. The molecule has 28 heavy (non-hydrogen) atoms. The largest absolute Gasteiger partial charge is 0.381 e. The highest BCUT2D eigenvalue weighted by Gasteiger charge is 2.29. The third kappa shape index (κ3) is 2.66. The second-order valence-corrected chi connectivity index (χ2v) is 7.59. The van der Waals surface area contributed by atoms with Crippen LogP contribution in [0.1, 0.15) is 35.4 Å². The van der Waals surface area contributed by atoms with Crippen molar-refractivity contribution in [1.29, 1.82) is 5.26 Å². The van der Waals surface area contributed by atoms with Gasteiger partial charge in [-0.3, -0.25) is 4.40 Å². The number of nitriles is 1. The number of pyridine rings is 1. The molecule has 5 rings (SSSR count). The number of aromatic nitrogens is 2. The Morgan fingerprint density at radius 3 is 2.54 bits per heavy atom. The van der Waals surface area contributed by atoms with Crippen LogP contribution in [0.15, 0.2) is 24.3 Å². The minimum Gasteiger partial charge on any atom is -0.381 e. The van der Waals surface area contributed by atoms with Crippen molar-refractivity contribution in [1.82, 2.24) is 9.38 Å². The number of anilines is 1. The quantitative estimate of drug-likeness (QED) is 0.686. The van der Waals surface area contributed by atoms with Crippen LogP contribution in [0, 0.1) is 18.3 Å². The molecule has 0 spiro atoms. The van der Waals surface area contributed by atoms with E-state index in [0.717, 1.165) is 86.0 Å². The van der Waals surface area contributed by atoms with Crippen molar-refractivity contribution in [3.05, 3.63) is 41.0 Å². The second kappa shape index (κ2) is 7.08. The summed E-state index contributed by atoms with van der Waals surface area (Å²) in [5.41, 5.74) is 5.83. The summed E-state index contributed by atoms with van der Waals surface area (Å²) in [5, 5.41) is 10.1. The average molecular weight is 376 g/mol. The Hall–Kier alpha value is -2.62. The monoisotopic (exact) mass is 376 g/mol. The number of imidazole rings is 1. The number of morpholine rings is 1. The van der Waals surface area contributed by atoms with Gasteiger partial charge in [0.1, 0.15) is 11.9 Å². The van der Waals surface area contributed by atoms with E-state index in [2.05, 4.69) is 28.4 Å². The summed E-state index contributed by atoms with van der Waals surface area (Å²) >= 11 is 0. The lowest BCUT2D eigenvalue weighted by atomic mass is 9.86. The summed E-state index contributed by atoms with van der Waals surface area (Å²) in [4.78, 5) is 7.28. The molecule has 6 heteroatoms. The van der Waals surface area contributed by atoms with Crippen LogP contribution < -0.4 is 4.90 Å². The average Bonchev–Trinajstić information content (AvgIpc) is 3.13. The smallest absolute Gasteiger partial charge is 0.157 e. The molecule has 6 nitrogen and oxygen atoms in total. The van der Waals surface area contributed by atoms with E-state index in [9.17, 15) is 5.26 Å². The first kappa shape index (κ1) is 17.5. The van der Waals surface area contributed by atoms with E-state index in [1.807, 2.05) is 18.2 Å². The fourth-order valence-electron chi connectivity index (χ4n) is 4.76. The molecular formula is C22H24N4O2. The summed E-state index contributed by atoms with van der Waals surface area (Å²) in [6.45, 7) is 6.82. The first-order valence-corrected chi connectivity index (χ1v) is 10.0. The summed E-state index contributed by atoms with van der Waals surface area (Å²) < 4.78 is 13.4. The van der Waals surface area contributed by atoms with E-state index in [4.69, 9.17) is 14.5 Å². The van der Waals surface area contributed by atoms with Crippen molar-refractivity contribution in [2.75, 3.05) is 44.4 Å². The molecule has 4 heterocycles. The number of nitrogens with zero attached hydrogens (tertiary/aromatic N) is 4. The summed E-state index contributed by atoms with van der Waals surface area (Å²) in [6, 6.07) is 10.7. The lowest BCUT2D eigenvalue weighted by Crippen LogP contribution is -2.38. The molecule has 3 aromatic rings. The Labute approximate surface area is 164 Å². The molecule has 0 bridgehead atoms. The number of hydrogen-bond donors (Lipinski definition) is 0. The first-order valence-electron chi connectivity index (χ1n) is 10.0. The van der Waals surface area contributed by atoms with Crippen molar-refractivity contribution in [3.63, 3.8) is 0 Å². The standard InChI is InChI=1S/C22H24N4O2/c1-15-20(16-6-10-27-11-7-16)17(14-23)21-24-18-4-2-3-5-19(18)26(21)22(15)25-8-12-28-13-9-25/h2-5,16H,6-13H2,1H3. The zero-order valence-corrected chi connectivity index (χ0v) is 16.1. The molecule has 2 aliphatic heterocycles. The van der Waals surface area contributed by atoms with Crippen LogP contribution in [-0.4, -0.2) is 48.9 Å². The number of ether oxygens (including phenoxy) is 2. The number of fused-ring (bicyclic) bond motifs is 3. The van der Waals surface area contributed by atoms with E-state index in [1.165, 1.54) is 5.56 Å². The van der Waals surface area contributed by atoms with E-state index in [0.29, 0.717) is 5.92 Å². The highest BCUT2D eigenvalue weighted by molar-refractivity contribution is 5.86. The van der Waals surface area contributed by atoms with E-state index in [1.54, 1.807) is 0 Å². The van der Waals surface area contributed by atoms with Crippen LogP contribution in [0.25, 0.3) is 16.7 Å². The van der Waals surface area contributed by atoms with E-state index in [-0.39, 0.29) is 0 Å². The molecule has 2 saturated heterocycles. The van der Waals surface area contributed by atoms with Gasteiger partial charge in [-0.05, 0) is 48.9 Å². The molecule has 0 saturated carbocycles. The van der Waals surface area contributed by atoms with Crippen molar-refractivity contribution in [3.8, 4) is 6.07 Å². The van der Waals surface area contributed by atoms with Gasteiger partial charge in [-0.2, -0.15) is 5.26 Å². The maximum atomic E-state index is 10.1. The van der Waals surface area contributed by atoms with Crippen molar-refractivity contribution in [2.45, 2.75) is 25.7 Å². The minimum atomic E-state index is 0.341. The number of hydrogen-bond acceptors (Lipinski definition) is 5. The molecule has 0 unspecified atom stereocenters. The van der Waals surface area contributed by atoms with Gasteiger partial charge in [0.25, 0.3) is 0 Å². The lowest BCUT2D eigenvalue weighted by molar-refractivity contribution is 0.0851. The van der Waals surface area contributed by atoms with Gasteiger partial charge in [-0.15, -0.1) is 0 Å². The Morgan fingerprint density at radius 1 is 1.07 bits per heavy atom. The summed E-state index contributed by atoms with van der Waals surface area (Å²) in [7, 11) is 0. The minimum absolute atomic E-state index is 0.341. The van der Waals surface area contributed by atoms with Gasteiger partial charge in [0, 0.05) is 26.3 Å². The van der Waals surface area contributed by atoms with E-state index < -0.39 is 0 Å². The Balaban J connectivity index is 1.86. The third-order valence-electron chi connectivity index (χ3n) is 6.06. The van der Waals surface area contributed by atoms with Crippen molar-refractivity contribution >= 4 is 22.5 Å². The maximum Gasteiger partial charge on any atom is 0.157 e. The summed E-state index contributed by atoms with van der Waals surface area (Å²) in [6.07, 6.45) is 1.91. The fourth-order valence-corrected chi connectivity index (χ4v) is 4.76. The van der Waals surface area contributed by atoms with Crippen LogP contribution >= 0.6 is 0 Å². The molecule has 0 radical (unpaired) electrons. The summed E-state index contributed by atoms with van der Waals surface area (Å²) in [5.74, 6) is 1.50. The van der Waals surface area contributed by atoms with Crippen molar-refractivity contribution < 1.29 is 9.47 Å². The molecule has 0 N–H and O–H groups in total. The molecule has 2 aliphatic rings.